The molecule has 0 aliphatic heterocycles. The van der Waals surface area contributed by atoms with E-state index in [1.54, 1.807) is 24.3 Å². The van der Waals surface area contributed by atoms with E-state index < -0.39 is 15.8 Å². The van der Waals surface area contributed by atoms with Crippen molar-refractivity contribution in [2.45, 2.75) is 51.0 Å². The highest BCUT2D eigenvalue weighted by atomic mass is 32.2. The molecule has 0 radical (unpaired) electrons. The van der Waals surface area contributed by atoms with Crippen LogP contribution in [0.25, 0.3) is 0 Å². The van der Waals surface area contributed by atoms with Crippen LogP contribution >= 0.6 is 0 Å². The lowest BCUT2D eigenvalue weighted by Gasteiger charge is -2.22. The van der Waals surface area contributed by atoms with Crippen LogP contribution in [-0.2, 0) is 16.6 Å². The maximum Gasteiger partial charge on any atom is 0.253 e. The molecule has 1 amide bonds. The molecule has 158 valence electrons. The van der Waals surface area contributed by atoms with Gasteiger partial charge in [0.05, 0.1) is 4.90 Å². The predicted molar refractivity (Wildman–Crippen MR) is 113 cm³/mol. The molecule has 5 nitrogen and oxygen atoms in total. The van der Waals surface area contributed by atoms with Crippen LogP contribution in [-0.4, -0.2) is 32.3 Å². The Kier molecular flexibility index (Phi) is 8.79. The highest BCUT2D eigenvalue weighted by Crippen LogP contribution is 2.13. The molecule has 0 unspecified atom stereocenters. The number of nitrogens with one attached hydrogen (secondary N) is 1. The monoisotopic (exact) mass is 420 g/mol. The summed E-state index contributed by atoms with van der Waals surface area (Å²) in [5, 5.41) is 0. The van der Waals surface area contributed by atoms with Crippen LogP contribution in [0.4, 0.5) is 4.39 Å². The zero-order valence-corrected chi connectivity index (χ0v) is 17.8. The third-order valence-corrected chi connectivity index (χ3v) is 6.06. The Bertz CT molecular complexity index is 873. The molecule has 0 bridgehead atoms. The Labute approximate surface area is 173 Å². The molecule has 2 rings (SSSR count). The van der Waals surface area contributed by atoms with Crippen molar-refractivity contribution in [3.05, 3.63) is 65.5 Å². The average Bonchev–Trinajstić information content (AvgIpc) is 2.73. The van der Waals surface area contributed by atoms with Crippen molar-refractivity contribution in [1.82, 2.24) is 9.62 Å². The number of rotatable bonds is 11. The molecular formula is C22H29FN2O3S. The standard InChI is InChI=1S/C22H29FN2O3S/c1-3-5-15-25(16-6-4-2)22(26)19-9-7-18(8-10-19)17-24-29(27,28)21-13-11-20(23)12-14-21/h7-14,24H,3-6,15-17H2,1-2H3. The number of benzene rings is 2. The molecule has 0 saturated carbocycles. The van der Waals surface area contributed by atoms with Gasteiger partial charge in [0.2, 0.25) is 10.0 Å². The van der Waals surface area contributed by atoms with Gasteiger partial charge in [0.1, 0.15) is 5.82 Å². The molecule has 0 aliphatic rings. The molecule has 2 aromatic carbocycles. The summed E-state index contributed by atoms with van der Waals surface area (Å²) in [4.78, 5) is 14.7. The highest BCUT2D eigenvalue weighted by Gasteiger charge is 2.16. The highest BCUT2D eigenvalue weighted by molar-refractivity contribution is 7.89. The summed E-state index contributed by atoms with van der Waals surface area (Å²) in [7, 11) is -3.73. The van der Waals surface area contributed by atoms with Crippen LogP contribution in [0, 0.1) is 5.82 Å². The number of hydrogen-bond donors (Lipinski definition) is 1. The van der Waals surface area contributed by atoms with Crippen LogP contribution < -0.4 is 4.72 Å². The number of carbonyl (C=O) groups is 1. The van der Waals surface area contributed by atoms with Crippen molar-refractivity contribution < 1.29 is 17.6 Å². The van der Waals surface area contributed by atoms with Crippen LogP contribution in [0.2, 0.25) is 0 Å². The fraction of sp³-hybridized carbons (Fsp3) is 0.409. The van der Waals surface area contributed by atoms with E-state index in [9.17, 15) is 17.6 Å². The van der Waals surface area contributed by atoms with E-state index in [1.165, 1.54) is 12.1 Å². The minimum absolute atomic E-state index is 0.00495. The van der Waals surface area contributed by atoms with Crippen molar-refractivity contribution in [3.8, 4) is 0 Å². The largest absolute Gasteiger partial charge is 0.339 e. The lowest BCUT2D eigenvalue weighted by Crippen LogP contribution is -2.33. The zero-order valence-electron chi connectivity index (χ0n) is 17.0. The molecular weight excluding hydrogens is 391 g/mol. The Hall–Kier alpha value is -2.25. The fourth-order valence-corrected chi connectivity index (χ4v) is 3.85. The average molecular weight is 421 g/mol. The molecule has 0 fully saturated rings. The minimum atomic E-state index is -3.73. The van der Waals surface area contributed by atoms with Crippen LogP contribution in [0.15, 0.2) is 53.4 Å². The van der Waals surface area contributed by atoms with Crippen molar-refractivity contribution in [1.29, 1.82) is 0 Å². The molecule has 0 spiro atoms. The van der Waals surface area contributed by atoms with Gasteiger partial charge in [-0.1, -0.05) is 38.8 Å². The molecule has 0 atom stereocenters. The summed E-state index contributed by atoms with van der Waals surface area (Å²) in [5.41, 5.74) is 1.34. The summed E-state index contributed by atoms with van der Waals surface area (Å²) in [6.07, 6.45) is 4.00. The Morgan fingerprint density at radius 3 is 2.00 bits per heavy atom. The number of sulfonamides is 1. The predicted octanol–water partition coefficient (Wildman–Crippen LogP) is 4.35. The Morgan fingerprint density at radius 2 is 1.48 bits per heavy atom. The number of nitrogens with zero attached hydrogens (tertiary/aromatic N) is 1. The Balaban J connectivity index is 2.01. The summed E-state index contributed by atoms with van der Waals surface area (Å²) >= 11 is 0. The number of halogens is 1. The third kappa shape index (κ3) is 6.94. The maximum atomic E-state index is 13.0. The molecule has 7 heteroatoms. The molecule has 0 aromatic heterocycles. The van der Waals surface area contributed by atoms with Gasteiger partial charge in [-0.3, -0.25) is 4.79 Å². The maximum absolute atomic E-state index is 13.0. The van der Waals surface area contributed by atoms with E-state index in [0.29, 0.717) is 5.56 Å². The number of unbranched alkanes of at least 4 members (excludes halogenated alkanes) is 2. The first kappa shape index (κ1) is 23.0. The molecule has 2 aromatic rings. The van der Waals surface area contributed by atoms with Gasteiger partial charge in [0, 0.05) is 25.2 Å². The lowest BCUT2D eigenvalue weighted by atomic mass is 10.1. The third-order valence-electron chi connectivity index (χ3n) is 4.64. The fourth-order valence-electron chi connectivity index (χ4n) is 2.84. The van der Waals surface area contributed by atoms with E-state index in [2.05, 4.69) is 18.6 Å². The quantitative estimate of drug-likeness (QED) is 0.588. The lowest BCUT2D eigenvalue weighted by molar-refractivity contribution is 0.0751. The van der Waals surface area contributed by atoms with Gasteiger partial charge in [0.15, 0.2) is 0 Å². The molecule has 0 aliphatic carbocycles. The Morgan fingerprint density at radius 1 is 0.931 bits per heavy atom. The first-order valence-corrected chi connectivity index (χ1v) is 11.5. The van der Waals surface area contributed by atoms with Crippen molar-refractivity contribution in [2.24, 2.45) is 0 Å². The van der Waals surface area contributed by atoms with Crippen LogP contribution in [0.5, 0.6) is 0 Å². The molecule has 1 N–H and O–H groups in total. The molecule has 0 saturated heterocycles. The first-order valence-electron chi connectivity index (χ1n) is 10.0. The van der Waals surface area contributed by atoms with Crippen LogP contribution in [0.1, 0.15) is 55.5 Å². The SMILES string of the molecule is CCCCN(CCCC)C(=O)c1ccc(CNS(=O)(=O)c2ccc(F)cc2)cc1. The first-order chi connectivity index (χ1) is 13.9. The van der Waals surface area contributed by atoms with E-state index in [-0.39, 0.29) is 17.3 Å². The van der Waals surface area contributed by atoms with Crippen molar-refractivity contribution in [2.75, 3.05) is 13.1 Å². The van der Waals surface area contributed by atoms with E-state index in [4.69, 9.17) is 0 Å². The van der Waals surface area contributed by atoms with E-state index >= 15 is 0 Å². The smallest absolute Gasteiger partial charge is 0.253 e. The summed E-state index contributed by atoms with van der Waals surface area (Å²) in [5.74, 6) is -0.485. The number of amides is 1. The van der Waals surface area contributed by atoms with E-state index in [0.717, 1.165) is 56.5 Å². The number of carbonyl (C=O) groups excluding carboxylic acids is 1. The normalized spacial score (nSPS) is 11.4. The number of hydrogen-bond acceptors (Lipinski definition) is 3. The second kappa shape index (κ2) is 11.1. The minimum Gasteiger partial charge on any atom is -0.339 e. The van der Waals surface area contributed by atoms with Gasteiger partial charge in [0.25, 0.3) is 5.91 Å². The van der Waals surface area contributed by atoms with Gasteiger partial charge in [-0.05, 0) is 54.8 Å². The van der Waals surface area contributed by atoms with Gasteiger partial charge in [-0.15, -0.1) is 0 Å². The molecule has 0 heterocycles. The van der Waals surface area contributed by atoms with Gasteiger partial charge >= 0.3 is 0 Å². The van der Waals surface area contributed by atoms with Gasteiger partial charge < -0.3 is 4.90 Å². The summed E-state index contributed by atoms with van der Waals surface area (Å²) < 4.78 is 40.0. The van der Waals surface area contributed by atoms with E-state index in [1.807, 2.05) is 4.90 Å². The van der Waals surface area contributed by atoms with Gasteiger partial charge in [-0.2, -0.15) is 0 Å². The van der Waals surface area contributed by atoms with Gasteiger partial charge in [-0.25, -0.2) is 17.5 Å². The summed E-state index contributed by atoms with van der Waals surface area (Å²) in [6.45, 7) is 5.78. The molecule has 29 heavy (non-hydrogen) atoms. The topological polar surface area (TPSA) is 66.5 Å². The van der Waals surface area contributed by atoms with Crippen molar-refractivity contribution in [3.63, 3.8) is 0 Å². The summed E-state index contributed by atoms with van der Waals surface area (Å²) in [6, 6.07) is 11.6. The second-order valence-corrected chi connectivity index (χ2v) is 8.74. The zero-order chi connectivity index (χ0) is 21.3. The van der Waals surface area contributed by atoms with Crippen molar-refractivity contribution >= 4 is 15.9 Å². The second-order valence-electron chi connectivity index (χ2n) is 6.97. The van der Waals surface area contributed by atoms with Crippen LogP contribution in [0.3, 0.4) is 0 Å².